The van der Waals surface area contributed by atoms with Gasteiger partial charge >= 0.3 is 18.0 Å². The van der Waals surface area contributed by atoms with Gasteiger partial charge in [-0.25, -0.2) is 0 Å². The fraction of sp³-hybridized carbons (Fsp3) is 0.250. The molecule has 2 nitrogen and oxygen atoms in total. The number of benzene rings is 2. The minimum Gasteiger partial charge on any atom is -0.477 e. The Morgan fingerprint density at radius 1 is 0.708 bits per heavy atom. The third-order valence-corrected chi connectivity index (χ3v) is 3.68. The van der Waals surface area contributed by atoms with Crippen molar-refractivity contribution in [1.29, 1.82) is 0 Å². The second-order valence-electron chi connectivity index (χ2n) is 5.19. The highest BCUT2D eigenvalue weighted by molar-refractivity contribution is 5.44. The Kier molecular flexibility index (Phi) is 3.65. The minimum atomic E-state index is -5.75. The molecule has 0 spiro atoms. The lowest BCUT2D eigenvalue weighted by Gasteiger charge is -2.45. The summed E-state index contributed by atoms with van der Waals surface area (Å²) in [5.74, 6) is -0.796. The number of fused-ring (bicyclic) bond motifs is 1. The van der Waals surface area contributed by atoms with Gasteiger partial charge in [-0.15, -0.1) is 0 Å². The van der Waals surface area contributed by atoms with E-state index in [-0.39, 0.29) is 11.3 Å². The monoisotopic (exact) mass is 348 g/mol. The fourth-order valence-electron chi connectivity index (χ4n) is 2.57. The van der Waals surface area contributed by atoms with Crippen molar-refractivity contribution in [2.24, 2.45) is 0 Å². The molecule has 0 N–H and O–H groups in total. The molecule has 0 bridgehead atoms. The molecule has 8 heteroatoms. The summed E-state index contributed by atoms with van der Waals surface area (Å²) in [5, 5.41) is 0. The van der Waals surface area contributed by atoms with E-state index < -0.39 is 29.8 Å². The summed E-state index contributed by atoms with van der Waals surface area (Å²) >= 11 is 0. The maximum absolute atomic E-state index is 13.6. The molecule has 128 valence electrons. The quantitative estimate of drug-likeness (QED) is 0.671. The Labute approximate surface area is 132 Å². The minimum absolute atomic E-state index is 0.185. The van der Waals surface area contributed by atoms with Crippen LogP contribution in [-0.2, 0) is 0 Å². The Morgan fingerprint density at radius 3 is 1.75 bits per heavy atom. The lowest BCUT2D eigenvalue weighted by molar-refractivity contribution is -0.385. The highest BCUT2D eigenvalue weighted by Gasteiger charge is 2.80. The summed E-state index contributed by atoms with van der Waals surface area (Å²) in [6.07, 6.45) is -13.9. The van der Waals surface area contributed by atoms with Crippen molar-refractivity contribution in [2.45, 2.75) is 24.1 Å². The molecule has 2 aromatic carbocycles. The topological polar surface area (TPSA) is 18.5 Å². The molecule has 1 aliphatic heterocycles. The van der Waals surface area contributed by atoms with Crippen molar-refractivity contribution in [3.05, 3.63) is 60.2 Å². The molecule has 2 aromatic rings. The highest BCUT2D eigenvalue weighted by atomic mass is 19.4. The van der Waals surface area contributed by atoms with E-state index in [0.717, 1.165) is 18.2 Å². The highest BCUT2D eigenvalue weighted by Crippen LogP contribution is 2.57. The van der Waals surface area contributed by atoms with Crippen LogP contribution in [0.2, 0.25) is 0 Å². The number of halogens is 6. The number of hydrogen-bond donors (Lipinski definition) is 0. The van der Waals surface area contributed by atoms with Crippen LogP contribution < -0.4 is 9.47 Å². The van der Waals surface area contributed by atoms with Gasteiger partial charge in [-0.1, -0.05) is 42.5 Å². The lowest BCUT2D eigenvalue weighted by atomic mass is 9.87. The second kappa shape index (κ2) is 5.32. The van der Waals surface area contributed by atoms with Gasteiger partial charge in [0.25, 0.3) is 0 Å². The molecule has 0 radical (unpaired) electrons. The van der Waals surface area contributed by atoms with Crippen molar-refractivity contribution in [2.75, 3.05) is 0 Å². The number of ether oxygens (including phenoxy) is 2. The van der Waals surface area contributed by atoms with Gasteiger partial charge in [-0.2, -0.15) is 26.3 Å². The van der Waals surface area contributed by atoms with E-state index in [1.807, 2.05) is 0 Å². The van der Waals surface area contributed by atoms with Crippen LogP contribution in [0, 0.1) is 0 Å². The first-order valence-electron chi connectivity index (χ1n) is 6.80. The third kappa shape index (κ3) is 2.37. The molecular weight excluding hydrogens is 338 g/mol. The number of rotatable bonds is 1. The van der Waals surface area contributed by atoms with Gasteiger partial charge < -0.3 is 9.47 Å². The van der Waals surface area contributed by atoms with Crippen LogP contribution in [0.4, 0.5) is 26.3 Å². The van der Waals surface area contributed by atoms with E-state index in [2.05, 4.69) is 4.74 Å². The Hall–Kier alpha value is -2.38. The van der Waals surface area contributed by atoms with Crippen LogP contribution in [0.3, 0.4) is 0 Å². The molecule has 3 rings (SSSR count). The Balaban J connectivity index is 2.26. The van der Waals surface area contributed by atoms with Crippen molar-refractivity contribution in [3.63, 3.8) is 0 Å². The molecule has 0 aliphatic carbocycles. The summed E-state index contributed by atoms with van der Waals surface area (Å²) in [6.45, 7) is 0. The van der Waals surface area contributed by atoms with Gasteiger partial charge in [0, 0.05) is 0 Å². The van der Waals surface area contributed by atoms with E-state index in [0.29, 0.717) is 0 Å². The van der Waals surface area contributed by atoms with Gasteiger partial charge in [0.1, 0.15) is 0 Å². The van der Waals surface area contributed by atoms with Crippen molar-refractivity contribution in [3.8, 4) is 11.5 Å². The zero-order valence-corrected chi connectivity index (χ0v) is 11.9. The number of para-hydroxylation sites is 2. The average Bonchev–Trinajstić information content (AvgIpc) is 2.52. The zero-order valence-electron chi connectivity index (χ0n) is 11.9. The van der Waals surface area contributed by atoms with Gasteiger partial charge in [-0.3, -0.25) is 0 Å². The van der Waals surface area contributed by atoms with Crippen molar-refractivity contribution >= 4 is 0 Å². The Bertz CT molecular complexity index is 709. The van der Waals surface area contributed by atoms with Crippen LogP contribution in [0.15, 0.2) is 54.6 Å². The predicted octanol–water partition coefficient (Wildman–Crippen LogP) is 5.06. The number of alkyl halides is 6. The molecule has 0 fully saturated rings. The standard InChI is InChI=1S/C16H10F6O2/c17-15(18,19)14(16(20,21)22)13(10-6-2-1-3-7-10)23-11-8-4-5-9-12(11)24-14/h1-9,13H. The summed E-state index contributed by atoms with van der Waals surface area (Å²) in [4.78, 5) is 0. The molecular formula is C16H10F6O2. The smallest absolute Gasteiger partial charge is 0.441 e. The van der Waals surface area contributed by atoms with Crippen molar-refractivity contribution < 1.29 is 35.8 Å². The summed E-state index contributed by atoms with van der Waals surface area (Å²) < 4.78 is 91.2. The molecule has 0 amide bonds. The van der Waals surface area contributed by atoms with Crippen LogP contribution in [0.5, 0.6) is 11.5 Å². The van der Waals surface area contributed by atoms with Gasteiger partial charge in [0.2, 0.25) is 0 Å². The SMILES string of the molecule is FC(F)(F)C1(C(F)(F)F)Oc2ccccc2OC1c1ccccc1. The fourth-order valence-corrected chi connectivity index (χ4v) is 2.57. The maximum atomic E-state index is 13.6. The van der Waals surface area contributed by atoms with Crippen LogP contribution in [0.25, 0.3) is 0 Å². The van der Waals surface area contributed by atoms with Crippen LogP contribution in [-0.4, -0.2) is 18.0 Å². The summed E-state index contributed by atoms with van der Waals surface area (Å²) in [7, 11) is 0. The largest absolute Gasteiger partial charge is 0.477 e. The average molecular weight is 348 g/mol. The summed E-state index contributed by atoms with van der Waals surface area (Å²) in [5.41, 5.74) is -4.79. The van der Waals surface area contributed by atoms with E-state index in [4.69, 9.17) is 4.74 Å². The molecule has 0 saturated heterocycles. The van der Waals surface area contributed by atoms with Crippen LogP contribution >= 0.6 is 0 Å². The van der Waals surface area contributed by atoms with Crippen molar-refractivity contribution in [1.82, 2.24) is 0 Å². The van der Waals surface area contributed by atoms with E-state index >= 15 is 0 Å². The molecule has 1 heterocycles. The second-order valence-corrected chi connectivity index (χ2v) is 5.19. The first kappa shape index (κ1) is 16.5. The maximum Gasteiger partial charge on any atom is 0.441 e. The molecule has 1 atom stereocenters. The van der Waals surface area contributed by atoms with E-state index in [1.165, 1.54) is 36.4 Å². The first-order chi connectivity index (χ1) is 11.2. The van der Waals surface area contributed by atoms with Crippen LogP contribution in [0.1, 0.15) is 11.7 Å². The molecule has 0 saturated carbocycles. The molecule has 1 aliphatic rings. The van der Waals surface area contributed by atoms with E-state index in [1.54, 1.807) is 0 Å². The lowest BCUT2D eigenvalue weighted by Crippen LogP contribution is -2.66. The zero-order chi connectivity index (χ0) is 17.6. The third-order valence-electron chi connectivity index (χ3n) is 3.68. The predicted molar refractivity (Wildman–Crippen MR) is 71.7 cm³/mol. The van der Waals surface area contributed by atoms with Gasteiger partial charge in [0.05, 0.1) is 0 Å². The van der Waals surface area contributed by atoms with Gasteiger partial charge in [-0.05, 0) is 17.7 Å². The molecule has 24 heavy (non-hydrogen) atoms. The first-order valence-corrected chi connectivity index (χ1v) is 6.80. The molecule has 0 aromatic heterocycles. The van der Waals surface area contributed by atoms with Gasteiger partial charge in [0.15, 0.2) is 17.6 Å². The normalized spacial score (nSPS) is 19.8. The molecule has 1 unspecified atom stereocenters. The Morgan fingerprint density at radius 2 is 1.21 bits per heavy atom. The summed E-state index contributed by atoms with van der Waals surface area (Å²) in [6, 6.07) is 11.4. The number of hydrogen-bond acceptors (Lipinski definition) is 2. The van der Waals surface area contributed by atoms with E-state index in [9.17, 15) is 26.3 Å².